The summed E-state index contributed by atoms with van der Waals surface area (Å²) >= 11 is 6.29. The molecule has 0 spiro atoms. The first-order chi connectivity index (χ1) is 25.8. The van der Waals surface area contributed by atoms with Crippen molar-refractivity contribution in [3.63, 3.8) is 0 Å². The van der Waals surface area contributed by atoms with Gasteiger partial charge in [-0.15, -0.1) is 0 Å². The molecule has 0 saturated heterocycles. The van der Waals surface area contributed by atoms with Crippen LogP contribution >= 0.6 is 11.6 Å². The van der Waals surface area contributed by atoms with Crippen LogP contribution in [0.25, 0.3) is 22.2 Å². The monoisotopic (exact) mass is 794 g/mol. The van der Waals surface area contributed by atoms with Crippen LogP contribution in [0.4, 0.5) is 10.6 Å². The van der Waals surface area contributed by atoms with Crippen molar-refractivity contribution >= 4 is 62.7 Å². The maximum atomic E-state index is 13.2. The molecule has 0 atom stereocenters. The Balaban J connectivity index is 0.000000689. The molecular formula is C39H47ClN6O8S. The van der Waals surface area contributed by atoms with E-state index >= 15 is 0 Å². The van der Waals surface area contributed by atoms with Crippen LogP contribution in [-0.2, 0) is 29.1 Å². The Bertz CT molecular complexity index is 2130. The Morgan fingerprint density at radius 2 is 1.65 bits per heavy atom. The highest BCUT2D eigenvalue weighted by atomic mass is 35.5. The lowest BCUT2D eigenvalue weighted by Gasteiger charge is -2.20. The number of unbranched alkanes of at least 4 members (excludes halogenated alkanes) is 2. The number of rotatable bonds is 9. The number of aryl methyl sites for hydroxylation is 1. The third kappa shape index (κ3) is 17.3. The number of pyridine rings is 2. The largest absolute Gasteiger partial charge is 0.469 e. The van der Waals surface area contributed by atoms with Crippen LogP contribution in [0.15, 0.2) is 60.8 Å². The number of nitrogens with one attached hydrogen (secondary N) is 4. The van der Waals surface area contributed by atoms with Crippen LogP contribution in [0.1, 0.15) is 80.9 Å². The molecule has 4 aromatic rings. The minimum Gasteiger partial charge on any atom is -0.469 e. The zero-order valence-corrected chi connectivity index (χ0v) is 33.7. The summed E-state index contributed by atoms with van der Waals surface area (Å²) in [6, 6.07) is 15.8. The number of ether oxygens (including phenoxy) is 2. The van der Waals surface area contributed by atoms with Crippen molar-refractivity contribution in [3.8, 4) is 23.1 Å². The van der Waals surface area contributed by atoms with Gasteiger partial charge in [0.25, 0.3) is 5.91 Å². The van der Waals surface area contributed by atoms with Gasteiger partial charge in [0.1, 0.15) is 11.4 Å². The molecule has 0 fully saturated rings. The summed E-state index contributed by atoms with van der Waals surface area (Å²) in [7, 11) is -2.26. The third-order valence-electron chi connectivity index (χ3n) is 6.85. The van der Waals surface area contributed by atoms with E-state index in [0.717, 1.165) is 36.8 Å². The molecule has 14 nitrogen and oxygen atoms in total. The number of halogens is 1. The number of carbonyl (C=O) groups is 4. The van der Waals surface area contributed by atoms with Gasteiger partial charge in [-0.3, -0.25) is 24.5 Å². The van der Waals surface area contributed by atoms with Gasteiger partial charge in [0, 0.05) is 47.8 Å². The molecule has 2 heterocycles. The number of nitrogens with zero attached hydrogens (tertiary/aromatic N) is 2. The minimum absolute atomic E-state index is 0.0354. The van der Waals surface area contributed by atoms with E-state index in [9.17, 15) is 27.6 Å². The SMILES string of the molecule is CCCCCNC=O.COC(C)=O.Cc1ccc(C#Cc2ccc(-c3cc(C(=O)NNC(=O)OC(C)(C)C)c4cnc(NS(C)(=O)=O)cc4n3)cc2)c(Cl)c1. The first-order valence-electron chi connectivity index (χ1n) is 17.0. The molecule has 4 N–H and O–H groups in total. The quantitative estimate of drug-likeness (QED) is 0.0491. The highest BCUT2D eigenvalue weighted by Gasteiger charge is 2.19. The van der Waals surface area contributed by atoms with Gasteiger partial charge in [0.15, 0.2) is 0 Å². The first-order valence-corrected chi connectivity index (χ1v) is 19.3. The zero-order chi connectivity index (χ0) is 41.2. The van der Waals surface area contributed by atoms with Crippen molar-refractivity contribution in [2.45, 2.75) is 66.4 Å². The maximum absolute atomic E-state index is 13.2. The van der Waals surface area contributed by atoms with Crippen LogP contribution in [-0.4, -0.2) is 68.3 Å². The van der Waals surface area contributed by atoms with E-state index in [2.05, 4.69) is 54.4 Å². The fraction of sp³-hybridized carbons (Fsp3) is 0.333. The molecule has 294 valence electrons. The topological polar surface area (TPSA) is 195 Å². The van der Waals surface area contributed by atoms with Crippen LogP contribution in [0, 0.1) is 18.8 Å². The lowest BCUT2D eigenvalue weighted by atomic mass is 10.0. The summed E-state index contributed by atoms with van der Waals surface area (Å²) < 4.78 is 35.1. The number of hydrogen-bond donors (Lipinski definition) is 4. The Labute approximate surface area is 327 Å². The third-order valence-corrected chi connectivity index (χ3v) is 7.74. The van der Waals surface area contributed by atoms with E-state index in [1.54, 1.807) is 39.0 Å². The molecule has 3 amide bonds. The predicted octanol–water partition coefficient (Wildman–Crippen LogP) is 6.30. The van der Waals surface area contributed by atoms with Gasteiger partial charge in [-0.2, -0.15) is 0 Å². The number of benzene rings is 2. The lowest BCUT2D eigenvalue weighted by molar-refractivity contribution is -0.137. The van der Waals surface area contributed by atoms with E-state index < -0.39 is 27.6 Å². The van der Waals surface area contributed by atoms with Gasteiger partial charge in [-0.25, -0.2) is 28.6 Å². The summed E-state index contributed by atoms with van der Waals surface area (Å²) in [5.41, 5.74) is 7.82. The number of aromatic nitrogens is 2. The second-order valence-electron chi connectivity index (χ2n) is 12.9. The summed E-state index contributed by atoms with van der Waals surface area (Å²) in [5, 5.41) is 3.51. The molecule has 16 heteroatoms. The van der Waals surface area contributed by atoms with Crippen molar-refractivity contribution in [2.24, 2.45) is 0 Å². The molecule has 0 unspecified atom stereocenters. The number of fused-ring (bicyclic) bond motifs is 1. The van der Waals surface area contributed by atoms with E-state index in [1.807, 2.05) is 37.3 Å². The number of sulfonamides is 1. The molecule has 0 bridgehead atoms. The molecular weight excluding hydrogens is 748 g/mol. The Morgan fingerprint density at radius 1 is 0.982 bits per heavy atom. The molecule has 2 aromatic heterocycles. The Kier molecular flexibility index (Phi) is 18.1. The van der Waals surface area contributed by atoms with Crippen molar-refractivity contribution in [2.75, 3.05) is 24.6 Å². The zero-order valence-electron chi connectivity index (χ0n) is 32.1. The molecule has 55 heavy (non-hydrogen) atoms. The molecule has 0 radical (unpaired) electrons. The van der Waals surface area contributed by atoms with Crippen LogP contribution in [0.2, 0.25) is 5.02 Å². The van der Waals surface area contributed by atoms with Crippen LogP contribution < -0.4 is 20.9 Å². The fourth-order valence-corrected chi connectivity index (χ4v) is 5.08. The smallest absolute Gasteiger partial charge is 0.426 e. The average Bonchev–Trinajstić information content (AvgIpc) is 3.11. The summed E-state index contributed by atoms with van der Waals surface area (Å²) in [6.07, 6.45) is 5.76. The summed E-state index contributed by atoms with van der Waals surface area (Å²) in [5.74, 6) is 5.29. The summed E-state index contributed by atoms with van der Waals surface area (Å²) in [4.78, 5) is 53.2. The number of hydrazine groups is 1. The molecule has 0 aliphatic carbocycles. The van der Waals surface area contributed by atoms with E-state index in [1.165, 1.54) is 39.1 Å². The summed E-state index contributed by atoms with van der Waals surface area (Å²) in [6.45, 7) is 11.4. The highest BCUT2D eigenvalue weighted by Crippen LogP contribution is 2.27. The van der Waals surface area contributed by atoms with Crippen molar-refractivity contribution in [1.29, 1.82) is 0 Å². The van der Waals surface area contributed by atoms with Crippen molar-refractivity contribution < 1.29 is 37.1 Å². The van der Waals surface area contributed by atoms with Crippen molar-refractivity contribution in [3.05, 3.63) is 88.1 Å². The number of amides is 3. The average molecular weight is 795 g/mol. The van der Waals surface area contributed by atoms with E-state index in [0.29, 0.717) is 32.7 Å². The standard InChI is InChI=1S/C30H28ClN5O5S.C6H13NO.C3H6O2/c1-18-6-10-20(24(31)14-18)11-7-19-8-12-21(13-9-19)25-15-22(28(37)34-35-29(38)41-30(2,3)4)23-17-32-27(16-26(23)33-25)36-42(5,39)40;1-2-3-4-5-7-6-8;1-3(4)5-2/h6,8-10,12-17H,1-5H3,(H,32,36)(H,34,37)(H,35,38);6H,2-5H2,1H3,(H,7,8);1-2H3. The van der Waals surface area contributed by atoms with Gasteiger partial charge in [0.05, 0.1) is 35.2 Å². The Morgan fingerprint density at radius 3 is 2.22 bits per heavy atom. The molecule has 0 aliphatic rings. The molecule has 4 rings (SSSR count). The highest BCUT2D eigenvalue weighted by molar-refractivity contribution is 7.92. The molecule has 2 aromatic carbocycles. The number of esters is 1. The fourth-order valence-electron chi connectivity index (χ4n) is 4.30. The van der Waals surface area contributed by atoms with Gasteiger partial charge in [-0.05, 0) is 70.0 Å². The van der Waals surface area contributed by atoms with E-state index in [4.69, 9.17) is 16.3 Å². The number of carbonyl (C=O) groups excluding carboxylic acids is 4. The predicted molar refractivity (Wildman–Crippen MR) is 214 cm³/mol. The van der Waals surface area contributed by atoms with Crippen molar-refractivity contribution in [1.82, 2.24) is 26.1 Å². The molecule has 0 saturated carbocycles. The number of anilines is 1. The normalized spacial score (nSPS) is 10.5. The first kappa shape index (κ1) is 45.4. The molecule has 0 aliphatic heterocycles. The van der Waals surface area contributed by atoms with Crippen LogP contribution in [0.5, 0.6) is 0 Å². The minimum atomic E-state index is -3.61. The van der Waals surface area contributed by atoms with Crippen LogP contribution in [0.3, 0.4) is 0 Å². The van der Waals surface area contributed by atoms with Gasteiger partial charge in [-0.1, -0.05) is 61.4 Å². The lowest BCUT2D eigenvalue weighted by Crippen LogP contribution is -2.44. The second-order valence-corrected chi connectivity index (χ2v) is 15.0. The van der Waals surface area contributed by atoms with Gasteiger partial charge >= 0.3 is 12.1 Å². The Hall–Kier alpha value is -5.72. The second kappa shape index (κ2) is 21.9. The number of hydrogen-bond acceptors (Lipinski definition) is 10. The van der Waals surface area contributed by atoms with E-state index in [-0.39, 0.29) is 17.4 Å². The van der Waals surface area contributed by atoms with Gasteiger partial charge in [0.2, 0.25) is 16.4 Å². The van der Waals surface area contributed by atoms with Gasteiger partial charge < -0.3 is 14.8 Å². The maximum Gasteiger partial charge on any atom is 0.426 e. The number of methoxy groups -OCH3 is 1.